The minimum absolute atomic E-state index is 0.211. The van der Waals surface area contributed by atoms with Gasteiger partial charge in [-0.25, -0.2) is 9.97 Å². The van der Waals surface area contributed by atoms with Crippen molar-refractivity contribution in [3.63, 3.8) is 0 Å². The summed E-state index contributed by atoms with van der Waals surface area (Å²) in [4.78, 5) is 13.6. The lowest BCUT2D eigenvalue weighted by Crippen LogP contribution is -2.60. The molecule has 6 nitrogen and oxygen atoms in total. The molecule has 19 heavy (non-hydrogen) atoms. The summed E-state index contributed by atoms with van der Waals surface area (Å²) < 4.78 is 0. The van der Waals surface area contributed by atoms with Crippen molar-refractivity contribution in [1.29, 1.82) is 0 Å². The molecule has 0 saturated carbocycles. The minimum Gasteiger partial charge on any atom is -0.390 e. The molecular weight excluding hydrogens is 262 g/mol. The van der Waals surface area contributed by atoms with Crippen LogP contribution in [-0.4, -0.2) is 55.7 Å². The van der Waals surface area contributed by atoms with Crippen LogP contribution >= 0.6 is 11.8 Å². The number of anilines is 1. The molecule has 7 heteroatoms. The summed E-state index contributed by atoms with van der Waals surface area (Å²) in [5, 5.41) is 9.79. The quantitative estimate of drug-likeness (QED) is 0.752. The van der Waals surface area contributed by atoms with Crippen LogP contribution in [0.15, 0.2) is 12.5 Å². The number of nitrogens with one attached hydrogen (secondary N) is 1. The number of aliphatic hydroxyl groups is 1. The lowest BCUT2D eigenvalue weighted by atomic mass is 10.0. The van der Waals surface area contributed by atoms with E-state index in [1.165, 1.54) is 6.33 Å². The Kier molecular flexibility index (Phi) is 3.34. The van der Waals surface area contributed by atoms with Gasteiger partial charge in [0, 0.05) is 36.6 Å². The van der Waals surface area contributed by atoms with Gasteiger partial charge in [-0.1, -0.05) is 0 Å². The van der Waals surface area contributed by atoms with Crippen LogP contribution in [-0.2, 0) is 6.54 Å². The van der Waals surface area contributed by atoms with Crippen LogP contribution in [0, 0.1) is 0 Å². The van der Waals surface area contributed by atoms with Crippen molar-refractivity contribution >= 4 is 28.6 Å². The number of thioether (sulfide) groups is 1. The van der Waals surface area contributed by atoms with Crippen LogP contribution in [0.3, 0.4) is 0 Å². The van der Waals surface area contributed by atoms with Crippen molar-refractivity contribution in [3.05, 3.63) is 18.1 Å². The normalized spacial score (nSPS) is 23.7. The molecule has 0 spiro atoms. The summed E-state index contributed by atoms with van der Waals surface area (Å²) in [6.45, 7) is 1.50. The molecule has 0 aromatic carbocycles. The van der Waals surface area contributed by atoms with Crippen LogP contribution in [0.5, 0.6) is 0 Å². The van der Waals surface area contributed by atoms with Crippen molar-refractivity contribution in [2.45, 2.75) is 18.7 Å². The number of aromatic amines is 1. The van der Waals surface area contributed by atoms with E-state index in [1.54, 1.807) is 11.8 Å². The number of likely N-dealkylation sites (tertiary alicyclic amines) is 1. The third-order valence-corrected chi connectivity index (χ3v) is 4.29. The Balaban J connectivity index is 1.81. The fourth-order valence-electron chi connectivity index (χ4n) is 2.52. The monoisotopic (exact) mass is 279 g/mol. The third kappa shape index (κ3) is 2.18. The second kappa shape index (κ2) is 4.99. The molecule has 1 aliphatic heterocycles. The predicted molar refractivity (Wildman–Crippen MR) is 76.9 cm³/mol. The number of β-amino-alcohol motifs (C(OH)–C–C–N with tert-alkyl or cyclic N) is 1. The highest BCUT2D eigenvalue weighted by Gasteiger charge is 2.37. The molecule has 3 rings (SSSR count). The fourth-order valence-corrected chi connectivity index (χ4v) is 3.30. The van der Waals surface area contributed by atoms with Crippen LogP contribution in [0.4, 0.5) is 5.82 Å². The highest BCUT2D eigenvalue weighted by Crippen LogP contribution is 2.27. The van der Waals surface area contributed by atoms with E-state index in [-0.39, 0.29) is 12.1 Å². The van der Waals surface area contributed by atoms with Crippen LogP contribution in [0.1, 0.15) is 5.56 Å². The molecular formula is C12H17N5OS. The lowest BCUT2D eigenvalue weighted by molar-refractivity contribution is -0.0544. The molecule has 1 saturated heterocycles. The summed E-state index contributed by atoms with van der Waals surface area (Å²) in [7, 11) is 0. The van der Waals surface area contributed by atoms with E-state index in [0.29, 0.717) is 5.82 Å². The molecule has 4 N–H and O–H groups in total. The molecule has 1 aliphatic rings. The topological polar surface area (TPSA) is 91.1 Å². The van der Waals surface area contributed by atoms with Gasteiger partial charge in [-0.2, -0.15) is 11.8 Å². The van der Waals surface area contributed by atoms with Crippen LogP contribution in [0.25, 0.3) is 11.0 Å². The van der Waals surface area contributed by atoms with E-state index >= 15 is 0 Å². The predicted octanol–water partition coefficient (Wildman–Crippen LogP) is 0.448. The SMILES string of the molecule is CSC[C@H]1[C@@H](O)CN1Cc1c[nH]c2c(N)ncnc12. The van der Waals surface area contributed by atoms with E-state index in [2.05, 4.69) is 26.1 Å². The highest BCUT2D eigenvalue weighted by atomic mass is 32.2. The Labute approximate surface area is 115 Å². The van der Waals surface area contributed by atoms with Gasteiger partial charge in [0.25, 0.3) is 0 Å². The van der Waals surface area contributed by atoms with Crippen LogP contribution < -0.4 is 5.73 Å². The Morgan fingerprint density at radius 2 is 2.42 bits per heavy atom. The fraction of sp³-hybridized carbons (Fsp3) is 0.500. The van der Waals surface area contributed by atoms with E-state index in [1.807, 2.05) is 6.20 Å². The number of hydrogen-bond donors (Lipinski definition) is 3. The average Bonchev–Trinajstić information content (AvgIpc) is 2.80. The average molecular weight is 279 g/mol. The highest BCUT2D eigenvalue weighted by molar-refractivity contribution is 7.98. The zero-order chi connectivity index (χ0) is 13.4. The Morgan fingerprint density at radius 1 is 1.58 bits per heavy atom. The molecule has 102 valence electrons. The molecule has 3 heterocycles. The summed E-state index contributed by atoms with van der Waals surface area (Å²) in [6, 6.07) is 0.235. The number of nitrogens with two attached hydrogens (primary N) is 1. The zero-order valence-corrected chi connectivity index (χ0v) is 11.5. The molecule has 0 bridgehead atoms. The number of hydrogen-bond acceptors (Lipinski definition) is 6. The molecule has 0 radical (unpaired) electrons. The van der Waals surface area contributed by atoms with Crippen molar-refractivity contribution in [3.8, 4) is 0 Å². The first-order valence-corrected chi connectivity index (χ1v) is 7.57. The van der Waals surface area contributed by atoms with Gasteiger partial charge in [0.15, 0.2) is 5.82 Å². The van der Waals surface area contributed by atoms with Gasteiger partial charge in [-0.05, 0) is 6.26 Å². The van der Waals surface area contributed by atoms with Crippen molar-refractivity contribution in [2.24, 2.45) is 0 Å². The van der Waals surface area contributed by atoms with Crippen molar-refractivity contribution in [1.82, 2.24) is 19.9 Å². The van der Waals surface area contributed by atoms with Gasteiger partial charge in [-0.15, -0.1) is 0 Å². The Morgan fingerprint density at radius 3 is 3.16 bits per heavy atom. The number of aliphatic hydroxyl groups excluding tert-OH is 1. The number of rotatable bonds is 4. The first-order valence-electron chi connectivity index (χ1n) is 6.18. The van der Waals surface area contributed by atoms with Crippen LogP contribution in [0.2, 0.25) is 0 Å². The maximum Gasteiger partial charge on any atom is 0.151 e. The van der Waals surface area contributed by atoms with E-state index in [0.717, 1.165) is 35.4 Å². The first-order chi connectivity index (χ1) is 9.20. The third-order valence-electron chi connectivity index (χ3n) is 3.62. The lowest BCUT2D eigenvalue weighted by Gasteiger charge is -2.45. The number of nitrogens with zero attached hydrogens (tertiary/aromatic N) is 3. The summed E-state index contributed by atoms with van der Waals surface area (Å²) in [6.07, 6.45) is 5.26. The van der Waals surface area contributed by atoms with Gasteiger partial charge < -0.3 is 15.8 Å². The molecule has 1 fully saturated rings. The number of aromatic nitrogens is 3. The zero-order valence-electron chi connectivity index (χ0n) is 10.7. The van der Waals surface area contributed by atoms with Gasteiger partial charge in [0.1, 0.15) is 11.8 Å². The molecule has 2 aromatic rings. The van der Waals surface area contributed by atoms with Gasteiger partial charge in [0.05, 0.1) is 11.6 Å². The van der Waals surface area contributed by atoms with Gasteiger partial charge >= 0.3 is 0 Å². The van der Waals surface area contributed by atoms with Crippen molar-refractivity contribution in [2.75, 3.05) is 24.3 Å². The second-order valence-corrected chi connectivity index (χ2v) is 5.73. The molecule has 2 atom stereocenters. The van der Waals surface area contributed by atoms with Gasteiger partial charge in [-0.3, -0.25) is 4.90 Å². The Bertz CT molecular complexity index is 587. The first kappa shape index (κ1) is 12.7. The number of fused-ring (bicyclic) bond motifs is 1. The summed E-state index contributed by atoms with van der Waals surface area (Å²) in [5.74, 6) is 1.42. The largest absolute Gasteiger partial charge is 0.390 e. The van der Waals surface area contributed by atoms with Crippen molar-refractivity contribution < 1.29 is 5.11 Å². The number of H-pyrrole nitrogens is 1. The van der Waals surface area contributed by atoms with E-state index in [4.69, 9.17) is 5.73 Å². The standard InChI is InChI=1S/C12H17N5OS/c1-19-5-8-9(18)4-17(8)3-7-2-14-11-10(7)15-6-16-12(11)13/h2,6,8-9,14,18H,3-5H2,1H3,(H2,13,15,16)/t8-,9-/m0/s1. The molecule has 0 aliphatic carbocycles. The number of nitrogen functional groups attached to an aromatic ring is 1. The molecule has 0 unspecified atom stereocenters. The van der Waals surface area contributed by atoms with E-state index in [9.17, 15) is 5.11 Å². The summed E-state index contributed by atoms with van der Waals surface area (Å²) in [5.41, 5.74) is 8.57. The molecule has 2 aromatic heterocycles. The maximum atomic E-state index is 9.79. The Hall–Kier alpha value is -1.31. The smallest absolute Gasteiger partial charge is 0.151 e. The maximum absolute atomic E-state index is 9.79. The molecule has 0 amide bonds. The summed E-state index contributed by atoms with van der Waals surface area (Å²) >= 11 is 1.76. The second-order valence-electron chi connectivity index (χ2n) is 4.82. The minimum atomic E-state index is -0.211. The van der Waals surface area contributed by atoms with E-state index < -0.39 is 0 Å². The van der Waals surface area contributed by atoms with Gasteiger partial charge in [0.2, 0.25) is 0 Å².